The average molecular weight is 308 g/mol. The molecule has 1 fully saturated rings. The Morgan fingerprint density at radius 2 is 1.95 bits per heavy atom. The molecule has 1 saturated carbocycles. The minimum Gasteiger partial charge on any atom is -0.486 e. The average Bonchev–Trinajstić information content (AvgIpc) is 2.99. The van der Waals surface area contributed by atoms with Crippen molar-refractivity contribution in [3.05, 3.63) is 23.5 Å². The number of ether oxygens (including phenoxy) is 4. The number of carbonyl (C=O) groups excluding carboxylic acids is 3. The fraction of sp³-hybridized carbons (Fsp3) is 0.533. The summed E-state index contributed by atoms with van der Waals surface area (Å²) in [6, 6.07) is 0. The second-order valence-electron chi connectivity index (χ2n) is 5.40. The molecule has 7 nitrogen and oxygen atoms in total. The molecule has 3 aliphatic carbocycles. The quantitative estimate of drug-likeness (QED) is 0.410. The molecule has 1 aliphatic heterocycles. The number of fused-ring (bicyclic) bond motifs is 1. The molecule has 4 rings (SSSR count). The zero-order chi connectivity index (χ0) is 16.1. The Bertz CT molecular complexity index is 599. The van der Waals surface area contributed by atoms with Crippen LogP contribution in [0.4, 0.5) is 0 Å². The van der Waals surface area contributed by atoms with Crippen LogP contribution >= 0.6 is 0 Å². The van der Waals surface area contributed by atoms with Gasteiger partial charge in [0.25, 0.3) is 0 Å². The number of ketones is 1. The Kier molecular flexibility index (Phi) is 3.41. The SMILES string of the molecule is COC(=O)C1=C[C@H]2C(=O)C(OC)(OC)[C@@H]1[C@H]1OC(C=O)=C[C@H]12. The second kappa shape index (κ2) is 5.03. The van der Waals surface area contributed by atoms with Crippen molar-refractivity contribution < 1.29 is 33.3 Å². The molecule has 0 spiro atoms. The fourth-order valence-corrected chi connectivity index (χ4v) is 3.72. The highest BCUT2D eigenvalue weighted by Crippen LogP contribution is 2.54. The van der Waals surface area contributed by atoms with Gasteiger partial charge in [-0.25, -0.2) is 4.79 Å². The van der Waals surface area contributed by atoms with Crippen LogP contribution in [0.25, 0.3) is 0 Å². The molecule has 0 N–H and O–H groups in total. The molecule has 0 aromatic rings. The number of hydrogen-bond donors (Lipinski definition) is 0. The molecule has 0 unspecified atom stereocenters. The van der Waals surface area contributed by atoms with E-state index in [0.717, 1.165) is 0 Å². The van der Waals surface area contributed by atoms with Crippen LogP contribution in [-0.4, -0.2) is 51.3 Å². The van der Waals surface area contributed by atoms with E-state index in [1.807, 2.05) is 0 Å². The number of allylic oxidation sites excluding steroid dienone is 2. The molecule has 22 heavy (non-hydrogen) atoms. The Morgan fingerprint density at radius 3 is 2.50 bits per heavy atom. The predicted octanol–water partition coefficient (Wildman–Crippen LogP) is 0.00140. The number of methoxy groups -OCH3 is 3. The van der Waals surface area contributed by atoms with Crippen molar-refractivity contribution in [2.45, 2.75) is 11.9 Å². The van der Waals surface area contributed by atoms with Gasteiger partial charge in [0.2, 0.25) is 5.79 Å². The largest absolute Gasteiger partial charge is 0.486 e. The number of rotatable bonds is 4. The van der Waals surface area contributed by atoms with E-state index in [-0.39, 0.29) is 23.0 Å². The first kappa shape index (κ1) is 14.9. The third kappa shape index (κ3) is 1.66. The summed E-state index contributed by atoms with van der Waals surface area (Å²) in [5.41, 5.74) is 0.276. The van der Waals surface area contributed by atoms with Crippen LogP contribution in [0.5, 0.6) is 0 Å². The van der Waals surface area contributed by atoms with Crippen molar-refractivity contribution in [2.24, 2.45) is 17.8 Å². The first-order chi connectivity index (χ1) is 10.5. The van der Waals surface area contributed by atoms with E-state index in [9.17, 15) is 14.4 Å². The summed E-state index contributed by atoms with van der Waals surface area (Å²) >= 11 is 0. The molecule has 0 radical (unpaired) electrons. The van der Waals surface area contributed by atoms with Crippen LogP contribution < -0.4 is 0 Å². The van der Waals surface area contributed by atoms with Crippen LogP contribution in [0.15, 0.2) is 23.5 Å². The number of Topliss-reactive ketones (excluding diaryl/α,β-unsaturated/α-hetero) is 1. The molecule has 1 heterocycles. The van der Waals surface area contributed by atoms with Gasteiger partial charge in [-0.05, 0) is 6.08 Å². The summed E-state index contributed by atoms with van der Waals surface area (Å²) in [6.45, 7) is 0. The summed E-state index contributed by atoms with van der Waals surface area (Å²) in [7, 11) is 3.95. The number of aldehydes is 1. The first-order valence-corrected chi connectivity index (χ1v) is 6.82. The van der Waals surface area contributed by atoms with Crippen molar-refractivity contribution in [3.63, 3.8) is 0 Å². The second-order valence-corrected chi connectivity index (χ2v) is 5.40. The van der Waals surface area contributed by atoms with Crippen LogP contribution in [0, 0.1) is 17.8 Å². The smallest absolute Gasteiger partial charge is 0.334 e. The minimum atomic E-state index is -1.61. The van der Waals surface area contributed by atoms with Crippen molar-refractivity contribution >= 4 is 18.0 Å². The van der Waals surface area contributed by atoms with Gasteiger partial charge < -0.3 is 18.9 Å². The van der Waals surface area contributed by atoms with Crippen LogP contribution in [-0.2, 0) is 33.3 Å². The van der Waals surface area contributed by atoms with Gasteiger partial charge in [-0.15, -0.1) is 0 Å². The third-order valence-electron chi connectivity index (χ3n) is 4.64. The van der Waals surface area contributed by atoms with Crippen LogP contribution in [0.1, 0.15) is 0 Å². The summed E-state index contributed by atoms with van der Waals surface area (Å²) in [4.78, 5) is 35.8. The van der Waals surface area contributed by atoms with E-state index in [1.54, 1.807) is 12.2 Å². The lowest BCUT2D eigenvalue weighted by Crippen LogP contribution is -2.66. The topological polar surface area (TPSA) is 88.1 Å². The zero-order valence-corrected chi connectivity index (χ0v) is 12.4. The van der Waals surface area contributed by atoms with Gasteiger partial charge in [0.15, 0.2) is 17.8 Å². The van der Waals surface area contributed by atoms with Crippen molar-refractivity contribution in [3.8, 4) is 0 Å². The summed E-state index contributed by atoms with van der Waals surface area (Å²) in [5, 5.41) is 0. The first-order valence-electron chi connectivity index (χ1n) is 6.82. The monoisotopic (exact) mass is 308 g/mol. The summed E-state index contributed by atoms with van der Waals surface area (Å²) < 4.78 is 21.1. The number of esters is 1. The van der Waals surface area contributed by atoms with Gasteiger partial charge in [-0.1, -0.05) is 6.08 Å². The zero-order valence-electron chi connectivity index (χ0n) is 12.4. The number of hydrogen-bond acceptors (Lipinski definition) is 7. The lowest BCUT2D eigenvalue weighted by Gasteiger charge is -2.51. The van der Waals surface area contributed by atoms with Crippen molar-refractivity contribution in [1.29, 1.82) is 0 Å². The van der Waals surface area contributed by atoms with Gasteiger partial charge in [-0.2, -0.15) is 0 Å². The van der Waals surface area contributed by atoms with E-state index in [4.69, 9.17) is 18.9 Å². The van der Waals surface area contributed by atoms with E-state index in [0.29, 0.717) is 6.29 Å². The Balaban J connectivity index is 2.14. The Hall–Kier alpha value is -1.99. The highest BCUT2D eigenvalue weighted by Gasteiger charge is 2.67. The Labute approximate surface area is 126 Å². The highest BCUT2D eigenvalue weighted by atomic mass is 16.7. The molecule has 0 saturated heterocycles. The maximum atomic E-state index is 12.7. The fourth-order valence-electron chi connectivity index (χ4n) is 3.72. The van der Waals surface area contributed by atoms with Gasteiger partial charge in [-0.3, -0.25) is 9.59 Å². The summed E-state index contributed by atoms with van der Waals surface area (Å²) in [6.07, 6.45) is 3.19. The lowest BCUT2D eigenvalue weighted by molar-refractivity contribution is -0.256. The normalized spacial score (nSPS) is 34.4. The van der Waals surface area contributed by atoms with Crippen molar-refractivity contribution in [2.75, 3.05) is 21.3 Å². The molecule has 118 valence electrons. The van der Waals surface area contributed by atoms with Gasteiger partial charge >= 0.3 is 5.97 Å². The molecular formula is C15H16O7. The molecule has 0 aromatic heterocycles. The number of carbonyl (C=O) groups is 3. The molecule has 4 atom stereocenters. The molecule has 2 bridgehead atoms. The standard InChI is InChI=1S/C15H16O7/c1-19-14(18)10-5-9-8-4-7(6-16)22-12(8)11(10)15(20-2,21-3)13(9)17/h4-6,8-9,11-12H,1-3H3/t8-,9+,11-,12-/m0/s1. The lowest BCUT2D eigenvalue weighted by atomic mass is 9.60. The van der Waals surface area contributed by atoms with Gasteiger partial charge in [0, 0.05) is 25.7 Å². The van der Waals surface area contributed by atoms with Crippen LogP contribution in [0.2, 0.25) is 0 Å². The van der Waals surface area contributed by atoms with Crippen molar-refractivity contribution in [1.82, 2.24) is 0 Å². The van der Waals surface area contributed by atoms with Gasteiger partial charge in [0.1, 0.15) is 6.10 Å². The molecular weight excluding hydrogens is 292 g/mol. The Morgan fingerprint density at radius 1 is 1.27 bits per heavy atom. The summed E-state index contributed by atoms with van der Waals surface area (Å²) in [5.74, 6) is -4.10. The minimum absolute atomic E-state index is 0.153. The maximum Gasteiger partial charge on any atom is 0.334 e. The van der Waals surface area contributed by atoms with Gasteiger partial charge in [0.05, 0.1) is 18.9 Å². The van der Waals surface area contributed by atoms with E-state index in [2.05, 4.69) is 0 Å². The third-order valence-corrected chi connectivity index (χ3v) is 4.64. The predicted molar refractivity (Wildman–Crippen MR) is 71.3 cm³/mol. The maximum absolute atomic E-state index is 12.7. The highest BCUT2D eigenvalue weighted by molar-refractivity contribution is 6.00. The molecule has 0 amide bonds. The molecule has 4 aliphatic rings. The molecule has 0 aromatic carbocycles. The van der Waals surface area contributed by atoms with E-state index < -0.39 is 29.7 Å². The van der Waals surface area contributed by atoms with E-state index in [1.165, 1.54) is 21.3 Å². The molecule has 7 heteroatoms. The van der Waals surface area contributed by atoms with Crippen LogP contribution in [0.3, 0.4) is 0 Å². The van der Waals surface area contributed by atoms with E-state index >= 15 is 0 Å².